The first-order valence-corrected chi connectivity index (χ1v) is 8.59. The van der Waals surface area contributed by atoms with Gasteiger partial charge < -0.3 is 4.90 Å². The van der Waals surface area contributed by atoms with E-state index in [1.807, 2.05) is 17.0 Å². The van der Waals surface area contributed by atoms with Gasteiger partial charge in [-0.25, -0.2) is 9.37 Å². The Labute approximate surface area is 146 Å². The lowest BCUT2D eigenvalue weighted by Crippen LogP contribution is -2.40. The van der Waals surface area contributed by atoms with E-state index < -0.39 is 0 Å². The predicted molar refractivity (Wildman–Crippen MR) is 92.3 cm³/mol. The highest BCUT2D eigenvalue weighted by atomic mass is 19.1. The molecule has 1 aromatic carbocycles. The predicted octanol–water partition coefficient (Wildman–Crippen LogP) is 3.72. The fourth-order valence-electron chi connectivity index (χ4n) is 3.34. The average molecular weight is 337 g/mol. The van der Waals surface area contributed by atoms with Crippen LogP contribution in [0.3, 0.4) is 0 Å². The normalized spacial score (nSPS) is 14.2. The van der Waals surface area contributed by atoms with Crippen LogP contribution < -0.4 is 0 Å². The molecule has 1 aromatic heterocycles. The van der Waals surface area contributed by atoms with Crippen molar-refractivity contribution >= 4 is 5.91 Å². The lowest BCUT2D eigenvalue weighted by Gasteiger charge is -2.29. The first-order chi connectivity index (χ1) is 12.2. The highest BCUT2D eigenvalue weighted by molar-refractivity contribution is 5.92. The van der Waals surface area contributed by atoms with E-state index in [9.17, 15) is 9.18 Å². The van der Waals surface area contributed by atoms with Gasteiger partial charge in [0.2, 0.25) is 0 Å². The van der Waals surface area contributed by atoms with Crippen molar-refractivity contribution in [3.63, 3.8) is 0 Å². The summed E-state index contributed by atoms with van der Waals surface area (Å²) in [6.45, 7) is 0.536. The van der Waals surface area contributed by atoms with E-state index >= 15 is 0 Å². The van der Waals surface area contributed by atoms with Crippen molar-refractivity contribution in [3.8, 4) is 6.07 Å². The number of carbonyl (C=O) groups excluding carboxylic acids is 1. The fraction of sp³-hybridized carbons (Fsp3) is 0.350. The minimum Gasteiger partial charge on any atom is -0.334 e. The van der Waals surface area contributed by atoms with Crippen LogP contribution in [0.25, 0.3) is 0 Å². The number of rotatable bonds is 5. The van der Waals surface area contributed by atoms with E-state index in [2.05, 4.69) is 4.98 Å². The van der Waals surface area contributed by atoms with Gasteiger partial charge in [-0.1, -0.05) is 25.0 Å². The van der Waals surface area contributed by atoms with Crippen LogP contribution >= 0.6 is 0 Å². The van der Waals surface area contributed by atoms with Crippen LogP contribution in [0, 0.1) is 17.1 Å². The van der Waals surface area contributed by atoms with Crippen LogP contribution in [0.1, 0.15) is 47.3 Å². The summed E-state index contributed by atoms with van der Waals surface area (Å²) in [7, 11) is 0. The molecule has 0 bridgehead atoms. The van der Waals surface area contributed by atoms with Gasteiger partial charge in [0.05, 0.1) is 5.56 Å². The number of benzene rings is 1. The summed E-state index contributed by atoms with van der Waals surface area (Å²) in [5.41, 5.74) is 1.66. The molecule has 0 spiro atoms. The number of nitriles is 1. The Bertz CT molecular complexity index is 776. The number of halogens is 1. The number of nitrogens with zero attached hydrogens (tertiary/aromatic N) is 3. The van der Waals surface area contributed by atoms with Crippen molar-refractivity contribution < 1.29 is 9.18 Å². The summed E-state index contributed by atoms with van der Waals surface area (Å²) in [5.74, 6) is -0.377. The highest BCUT2D eigenvalue weighted by Gasteiger charge is 2.27. The van der Waals surface area contributed by atoms with Gasteiger partial charge in [0, 0.05) is 18.8 Å². The van der Waals surface area contributed by atoms with Crippen molar-refractivity contribution in [1.29, 1.82) is 5.26 Å². The molecule has 3 rings (SSSR count). The van der Waals surface area contributed by atoms with Gasteiger partial charge >= 0.3 is 0 Å². The molecular weight excluding hydrogens is 317 g/mol. The molecule has 0 aliphatic heterocycles. The molecule has 1 aliphatic rings. The Balaban J connectivity index is 1.76. The Hall–Kier alpha value is -2.74. The van der Waals surface area contributed by atoms with Crippen LogP contribution in [0.5, 0.6) is 0 Å². The van der Waals surface area contributed by atoms with Gasteiger partial charge in [0.25, 0.3) is 5.91 Å². The van der Waals surface area contributed by atoms with Crippen molar-refractivity contribution in [3.05, 3.63) is 65.2 Å². The number of hydrogen-bond acceptors (Lipinski definition) is 3. The molecule has 0 saturated heterocycles. The first kappa shape index (κ1) is 17.1. The number of hydrogen-bond donors (Lipinski definition) is 0. The lowest BCUT2D eigenvalue weighted by atomic mass is 10.1. The van der Waals surface area contributed by atoms with E-state index in [1.165, 1.54) is 18.3 Å². The molecule has 1 heterocycles. The Morgan fingerprint density at radius 1 is 1.28 bits per heavy atom. The number of aromatic nitrogens is 1. The summed E-state index contributed by atoms with van der Waals surface area (Å²) in [5, 5.41) is 8.87. The molecule has 0 N–H and O–H groups in total. The highest BCUT2D eigenvalue weighted by Crippen LogP contribution is 2.25. The van der Waals surface area contributed by atoms with Crippen molar-refractivity contribution in [1.82, 2.24) is 9.88 Å². The Kier molecular flexibility index (Phi) is 5.39. The molecule has 0 atom stereocenters. The molecule has 0 unspecified atom stereocenters. The Morgan fingerprint density at radius 2 is 2.08 bits per heavy atom. The minimum absolute atomic E-state index is 0.118. The topological polar surface area (TPSA) is 57.0 Å². The minimum atomic E-state index is -0.259. The van der Waals surface area contributed by atoms with E-state index in [-0.39, 0.29) is 17.8 Å². The molecule has 1 amide bonds. The Morgan fingerprint density at radius 3 is 2.72 bits per heavy atom. The fourth-order valence-corrected chi connectivity index (χ4v) is 3.34. The van der Waals surface area contributed by atoms with Crippen LogP contribution in [0.15, 0.2) is 42.6 Å². The molecule has 4 nitrogen and oxygen atoms in total. The quantitative estimate of drug-likeness (QED) is 0.835. The largest absolute Gasteiger partial charge is 0.334 e. The maximum Gasteiger partial charge on any atom is 0.272 e. The molecule has 5 heteroatoms. The van der Waals surface area contributed by atoms with Gasteiger partial charge in [-0.2, -0.15) is 5.26 Å². The summed E-state index contributed by atoms with van der Waals surface area (Å²) < 4.78 is 13.4. The van der Waals surface area contributed by atoms with E-state index in [4.69, 9.17) is 5.26 Å². The summed E-state index contributed by atoms with van der Waals surface area (Å²) in [4.78, 5) is 18.9. The third-order valence-electron chi connectivity index (χ3n) is 4.67. The second-order valence-corrected chi connectivity index (χ2v) is 6.36. The molecular formula is C20H20FN3O. The first-order valence-electron chi connectivity index (χ1n) is 8.59. The summed E-state index contributed by atoms with van der Waals surface area (Å²) in [6, 6.07) is 11.9. The lowest BCUT2D eigenvalue weighted by molar-refractivity contribution is 0.0678. The van der Waals surface area contributed by atoms with Crippen molar-refractivity contribution in [2.75, 3.05) is 6.54 Å². The van der Waals surface area contributed by atoms with Crippen LogP contribution in [-0.2, 0) is 6.42 Å². The van der Waals surface area contributed by atoms with Gasteiger partial charge in [-0.05, 0) is 49.1 Å². The summed E-state index contributed by atoms with van der Waals surface area (Å²) in [6.07, 6.45) is 6.25. The monoisotopic (exact) mass is 337 g/mol. The SMILES string of the molecule is N#Cc1ccc(C(=O)N(CCc2cccc(F)c2)C2CCCC2)nc1. The third kappa shape index (κ3) is 4.21. The second-order valence-electron chi connectivity index (χ2n) is 6.36. The molecule has 0 radical (unpaired) electrons. The van der Waals surface area contributed by atoms with Crippen molar-refractivity contribution in [2.45, 2.75) is 38.1 Å². The molecule has 1 saturated carbocycles. The second kappa shape index (κ2) is 7.89. The number of carbonyl (C=O) groups is 1. The van der Waals surface area contributed by atoms with Crippen LogP contribution in [-0.4, -0.2) is 28.4 Å². The molecule has 128 valence electrons. The maximum atomic E-state index is 13.4. The molecule has 2 aromatic rings. The zero-order valence-electron chi connectivity index (χ0n) is 14.0. The van der Waals surface area contributed by atoms with Gasteiger partial charge in [-0.15, -0.1) is 0 Å². The van der Waals surface area contributed by atoms with Gasteiger partial charge in [-0.3, -0.25) is 4.79 Å². The maximum absolute atomic E-state index is 13.4. The van der Waals surface area contributed by atoms with Gasteiger partial charge in [0.1, 0.15) is 17.6 Å². The molecule has 1 fully saturated rings. The van der Waals surface area contributed by atoms with Crippen LogP contribution in [0.4, 0.5) is 4.39 Å². The van der Waals surface area contributed by atoms with E-state index in [1.54, 1.807) is 18.2 Å². The smallest absolute Gasteiger partial charge is 0.272 e. The number of amides is 1. The molecule has 1 aliphatic carbocycles. The van der Waals surface area contributed by atoms with E-state index in [0.717, 1.165) is 31.2 Å². The standard InChI is InChI=1S/C20H20FN3O/c21-17-5-3-4-15(12-17)10-11-24(18-6-1-2-7-18)20(25)19-9-8-16(13-22)14-23-19/h3-5,8-9,12,14,18H,1-2,6-7,10-11H2. The number of pyridine rings is 1. The van der Waals surface area contributed by atoms with E-state index in [0.29, 0.717) is 24.2 Å². The summed E-state index contributed by atoms with van der Waals surface area (Å²) >= 11 is 0. The van der Waals surface area contributed by atoms with Crippen LogP contribution in [0.2, 0.25) is 0 Å². The zero-order chi connectivity index (χ0) is 17.6. The third-order valence-corrected chi connectivity index (χ3v) is 4.67. The average Bonchev–Trinajstić information content (AvgIpc) is 3.16. The zero-order valence-corrected chi connectivity index (χ0v) is 14.0. The molecule has 25 heavy (non-hydrogen) atoms. The van der Waals surface area contributed by atoms with Crippen molar-refractivity contribution in [2.24, 2.45) is 0 Å². The van der Waals surface area contributed by atoms with Gasteiger partial charge in [0.15, 0.2) is 0 Å².